The molecule has 0 aliphatic heterocycles. The average molecular weight is 320 g/mol. The van der Waals surface area contributed by atoms with Gasteiger partial charge >= 0.3 is 66.7 Å². The predicted octanol–water partition coefficient (Wildman–Crippen LogP) is -3.02. The third kappa shape index (κ3) is 5.75. The molecule has 1 aromatic carbocycles. The molecule has 0 spiro atoms. The standard InChI is InChI=1S/C13H21O4P.2Na.2H/c1-8(2)11-6-10(18(14,15)16)7-12(9(3)4)13(11)17-5;;;;/h6-9H,1-5H3,(H2,14,15,16);;;;/q;2*+1;2*-1. The fourth-order valence-corrected chi connectivity index (χ4v) is 2.53. The maximum Gasteiger partial charge on any atom is 1.00 e. The van der Waals surface area contributed by atoms with Crippen LogP contribution in [0.15, 0.2) is 12.1 Å². The molecule has 0 amide bonds. The molecule has 0 aliphatic carbocycles. The third-order valence-corrected chi connectivity index (χ3v) is 3.85. The molecular weight excluding hydrogens is 297 g/mol. The van der Waals surface area contributed by atoms with E-state index >= 15 is 0 Å². The first kappa shape index (κ1) is 23.4. The Hall–Kier alpha value is 1.17. The van der Waals surface area contributed by atoms with Gasteiger partial charge in [-0.05, 0) is 35.1 Å². The fourth-order valence-electron chi connectivity index (χ4n) is 1.92. The van der Waals surface area contributed by atoms with E-state index in [9.17, 15) is 14.4 Å². The number of hydrogen-bond donors (Lipinski definition) is 2. The topological polar surface area (TPSA) is 66.8 Å². The van der Waals surface area contributed by atoms with Gasteiger partial charge in [0.1, 0.15) is 5.75 Å². The SMILES string of the molecule is COc1c(C(C)C)cc(P(=O)(O)O)cc1C(C)C.[H-].[H-].[Na+].[Na+]. The maximum atomic E-state index is 11.4. The summed E-state index contributed by atoms with van der Waals surface area (Å²) < 4.78 is 16.8. The zero-order chi connectivity index (χ0) is 14.1. The Morgan fingerprint density at radius 1 is 1.05 bits per heavy atom. The molecule has 4 nitrogen and oxygen atoms in total. The van der Waals surface area contributed by atoms with Gasteiger partial charge in [-0.2, -0.15) is 0 Å². The molecule has 0 saturated heterocycles. The number of rotatable bonds is 4. The van der Waals surface area contributed by atoms with Crippen LogP contribution in [0.4, 0.5) is 0 Å². The zero-order valence-electron chi connectivity index (χ0n) is 15.5. The molecule has 0 unspecified atom stereocenters. The minimum absolute atomic E-state index is 0. The summed E-state index contributed by atoms with van der Waals surface area (Å²) in [6.45, 7) is 7.91. The normalized spacial score (nSPS) is 11.1. The summed E-state index contributed by atoms with van der Waals surface area (Å²) in [5, 5.41) is 0.0655. The molecule has 106 valence electrons. The fraction of sp³-hybridized carbons (Fsp3) is 0.538. The van der Waals surface area contributed by atoms with Crippen LogP contribution in [0.3, 0.4) is 0 Å². The van der Waals surface area contributed by atoms with Crippen LogP contribution in [0.2, 0.25) is 0 Å². The van der Waals surface area contributed by atoms with Gasteiger partial charge in [0.15, 0.2) is 0 Å². The van der Waals surface area contributed by atoms with Crippen molar-refractivity contribution in [2.75, 3.05) is 7.11 Å². The van der Waals surface area contributed by atoms with Crippen molar-refractivity contribution < 1.29 is 81.1 Å². The first-order valence-corrected chi connectivity index (χ1v) is 7.57. The summed E-state index contributed by atoms with van der Waals surface area (Å²) in [5.74, 6) is 1.02. The molecular formula is C13H23Na2O4P. The van der Waals surface area contributed by atoms with Crippen molar-refractivity contribution in [2.45, 2.75) is 39.5 Å². The summed E-state index contributed by atoms with van der Waals surface area (Å²) in [6.07, 6.45) is 0. The number of benzene rings is 1. The van der Waals surface area contributed by atoms with Gasteiger partial charge in [-0.3, -0.25) is 4.57 Å². The van der Waals surface area contributed by atoms with E-state index in [-0.39, 0.29) is 79.1 Å². The van der Waals surface area contributed by atoms with E-state index in [2.05, 4.69) is 0 Å². The van der Waals surface area contributed by atoms with Crippen LogP contribution >= 0.6 is 7.60 Å². The molecule has 0 fully saturated rings. The molecule has 0 saturated carbocycles. The number of methoxy groups -OCH3 is 1. The maximum absolute atomic E-state index is 11.4. The van der Waals surface area contributed by atoms with Crippen molar-refractivity contribution in [3.63, 3.8) is 0 Å². The summed E-state index contributed by atoms with van der Waals surface area (Å²) in [5.41, 5.74) is 1.67. The second kappa shape index (κ2) is 9.34. The van der Waals surface area contributed by atoms with Crippen LogP contribution in [-0.2, 0) is 4.57 Å². The Balaban J connectivity index is -0.000000405. The largest absolute Gasteiger partial charge is 1.00 e. The predicted molar refractivity (Wildman–Crippen MR) is 75.1 cm³/mol. The van der Waals surface area contributed by atoms with Crippen LogP contribution in [0.5, 0.6) is 5.75 Å². The molecule has 7 heteroatoms. The van der Waals surface area contributed by atoms with Gasteiger partial charge in [-0.1, -0.05) is 27.7 Å². The van der Waals surface area contributed by atoms with Crippen LogP contribution in [0.1, 0.15) is 53.5 Å². The van der Waals surface area contributed by atoms with Crippen molar-refractivity contribution in [3.05, 3.63) is 23.3 Å². The number of hydrogen-bond acceptors (Lipinski definition) is 2. The number of ether oxygens (including phenoxy) is 1. The van der Waals surface area contributed by atoms with Crippen molar-refractivity contribution in [1.82, 2.24) is 0 Å². The van der Waals surface area contributed by atoms with E-state index in [4.69, 9.17) is 4.74 Å². The minimum Gasteiger partial charge on any atom is -1.00 e. The van der Waals surface area contributed by atoms with E-state index in [1.54, 1.807) is 19.2 Å². The van der Waals surface area contributed by atoms with Crippen LogP contribution < -0.4 is 69.2 Å². The molecule has 1 rings (SSSR count). The van der Waals surface area contributed by atoms with Gasteiger partial charge in [-0.15, -0.1) is 0 Å². The quantitative estimate of drug-likeness (QED) is 0.458. The van der Waals surface area contributed by atoms with Crippen molar-refractivity contribution in [2.24, 2.45) is 0 Å². The van der Waals surface area contributed by atoms with E-state index in [1.165, 1.54) is 0 Å². The summed E-state index contributed by atoms with van der Waals surface area (Å²) >= 11 is 0. The third-order valence-electron chi connectivity index (χ3n) is 2.92. The van der Waals surface area contributed by atoms with Crippen LogP contribution in [0.25, 0.3) is 0 Å². The molecule has 20 heavy (non-hydrogen) atoms. The van der Waals surface area contributed by atoms with Gasteiger partial charge in [-0.25, -0.2) is 0 Å². The molecule has 0 aromatic heterocycles. The summed E-state index contributed by atoms with van der Waals surface area (Å²) in [7, 11) is -2.65. The second-order valence-corrected chi connectivity index (χ2v) is 6.62. The molecule has 0 bridgehead atoms. The molecule has 0 atom stereocenters. The van der Waals surface area contributed by atoms with Gasteiger partial charge in [0, 0.05) is 0 Å². The van der Waals surface area contributed by atoms with Crippen molar-refractivity contribution >= 4 is 12.9 Å². The Bertz CT molecular complexity index is 464. The monoisotopic (exact) mass is 320 g/mol. The summed E-state index contributed by atoms with van der Waals surface area (Å²) in [6, 6.07) is 3.10. The first-order chi connectivity index (χ1) is 8.18. The second-order valence-electron chi connectivity index (χ2n) is 5.01. The smallest absolute Gasteiger partial charge is 1.00 e. The molecule has 0 radical (unpaired) electrons. The Morgan fingerprint density at radius 3 is 1.60 bits per heavy atom. The van der Waals surface area contributed by atoms with E-state index < -0.39 is 7.60 Å². The van der Waals surface area contributed by atoms with E-state index in [0.29, 0.717) is 0 Å². The molecule has 0 aliphatic rings. The summed E-state index contributed by atoms with van der Waals surface area (Å²) in [4.78, 5) is 18.7. The van der Waals surface area contributed by atoms with Crippen molar-refractivity contribution in [3.8, 4) is 5.75 Å². The minimum atomic E-state index is -4.24. The average Bonchev–Trinajstić information content (AvgIpc) is 2.25. The Kier molecular flexibility index (Phi) is 10.9. The Morgan fingerprint density at radius 2 is 1.40 bits per heavy atom. The first-order valence-electron chi connectivity index (χ1n) is 5.96. The van der Waals surface area contributed by atoms with Crippen molar-refractivity contribution in [1.29, 1.82) is 0 Å². The van der Waals surface area contributed by atoms with Crippen LogP contribution in [-0.4, -0.2) is 16.9 Å². The molecule has 1 aromatic rings. The van der Waals surface area contributed by atoms with E-state index in [0.717, 1.165) is 16.9 Å². The molecule has 0 heterocycles. The Labute approximate surface area is 168 Å². The van der Waals surface area contributed by atoms with Gasteiger partial charge in [0.05, 0.1) is 12.4 Å². The zero-order valence-corrected chi connectivity index (χ0v) is 18.4. The molecule has 2 N–H and O–H groups in total. The van der Waals surface area contributed by atoms with Gasteiger partial charge in [0.25, 0.3) is 0 Å². The van der Waals surface area contributed by atoms with Gasteiger partial charge in [0.2, 0.25) is 0 Å². The van der Waals surface area contributed by atoms with Gasteiger partial charge < -0.3 is 17.4 Å². The van der Waals surface area contributed by atoms with Crippen LogP contribution in [0, 0.1) is 0 Å². The van der Waals surface area contributed by atoms with E-state index in [1.807, 2.05) is 27.7 Å².